The maximum atomic E-state index is 14.9. The summed E-state index contributed by atoms with van der Waals surface area (Å²) < 4.78 is 0. The molecule has 1 nitrogen and oxygen atoms in total. The van der Waals surface area contributed by atoms with Crippen LogP contribution in [-0.2, 0) is 21.7 Å². The van der Waals surface area contributed by atoms with Crippen molar-refractivity contribution in [1.82, 2.24) is 0 Å². The SMILES string of the molecule is CC(C)(C)c1ccc(-c2c3c#cc4ccc(C(C)(C)C)cc4c#cc4c(C(C)(C)C)cccc4c#cc-3c(-c3ccc(C(C)(C)C)cc3)c2=O)cc1. The van der Waals surface area contributed by atoms with Crippen LogP contribution in [0.15, 0.2) is 89.7 Å². The van der Waals surface area contributed by atoms with Crippen LogP contribution < -0.4 is 5.43 Å². The molecule has 0 radical (unpaired) electrons. The first-order chi connectivity index (χ1) is 24.2. The highest BCUT2D eigenvalue weighted by Crippen LogP contribution is 2.39. The predicted octanol–water partition coefficient (Wildman–Crippen LogP) is 12.9. The Balaban J connectivity index is 1.79. The van der Waals surface area contributed by atoms with Gasteiger partial charge in [-0.3, -0.25) is 4.79 Å². The zero-order chi connectivity index (χ0) is 37.8. The molecule has 0 aliphatic heterocycles. The molecule has 0 fully saturated rings. The van der Waals surface area contributed by atoms with E-state index < -0.39 is 0 Å². The standard InChI is InChI=1S/C51H50O/c1-48(2,3)38-24-17-35(18-25-38)45-42-30-21-33-16-28-40(50(7,8)9)32-37(33)23-29-41-34(14-13-15-44(41)51(10,11)12)22-31-43(42)46(47(45)52)36-19-26-39(27-20-36)49(4,5)6/h13-20,24-28,32H,1-12H3. The highest BCUT2D eigenvalue weighted by atomic mass is 16.1. The zero-order valence-electron chi connectivity index (χ0n) is 33.0. The maximum Gasteiger partial charge on any atom is 0.196 e. The Morgan fingerprint density at radius 2 is 0.846 bits per heavy atom. The Kier molecular flexibility index (Phi) is 9.15. The summed E-state index contributed by atoms with van der Waals surface area (Å²) in [6.07, 6.45) is 0. The van der Waals surface area contributed by atoms with Gasteiger partial charge < -0.3 is 0 Å². The quantitative estimate of drug-likeness (QED) is 0.178. The Hall–Kier alpha value is -5.29. The zero-order valence-corrected chi connectivity index (χ0v) is 33.0. The van der Waals surface area contributed by atoms with Crippen LogP contribution in [-0.4, -0.2) is 0 Å². The number of fused-ring (bicyclic) bond motifs is 3. The lowest BCUT2D eigenvalue weighted by atomic mass is 9.84. The van der Waals surface area contributed by atoms with E-state index in [9.17, 15) is 4.79 Å². The minimum atomic E-state index is -0.158. The molecular weight excluding hydrogens is 629 g/mol. The van der Waals surface area contributed by atoms with Crippen LogP contribution in [0.1, 0.15) is 105 Å². The topological polar surface area (TPSA) is 17.1 Å². The van der Waals surface area contributed by atoms with Crippen molar-refractivity contribution in [3.63, 3.8) is 0 Å². The van der Waals surface area contributed by atoms with E-state index in [1.165, 1.54) is 16.7 Å². The van der Waals surface area contributed by atoms with E-state index in [1.807, 2.05) is 6.07 Å². The van der Waals surface area contributed by atoms with Gasteiger partial charge in [0, 0.05) is 32.7 Å². The summed E-state index contributed by atoms with van der Waals surface area (Å²) in [5, 5.41) is 3.44. The molecule has 0 aromatic heterocycles. The van der Waals surface area contributed by atoms with Crippen molar-refractivity contribution >= 4 is 21.5 Å². The Morgan fingerprint density at radius 3 is 1.31 bits per heavy atom. The Morgan fingerprint density at radius 1 is 0.404 bits per heavy atom. The summed E-state index contributed by atoms with van der Waals surface area (Å²) in [4.78, 5) is 14.9. The molecule has 4 aromatic carbocycles. The molecule has 52 heavy (non-hydrogen) atoms. The molecule has 0 spiro atoms. The van der Waals surface area contributed by atoms with Gasteiger partial charge in [0.05, 0.1) is 11.1 Å². The Bertz CT molecular complexity index is 2360. The van der Waals surface area contributed by atoms with Crippen LogP contribution in [0.4, 0.5) is 0 Å². The molecule has 0 saturated heterocycles. The van der Waals surface area contributed by atoms with Crippen LogP contribution in [0.3, 0.4) is 0 Å². The van der Waals surface area contributed by atoms with Gasteiger partial charge in [0.25, 0.3) is 0 Å². The third-order valence-corrected chi connectivity index (χ3v) is 10.0. The minimum Gasteiger partial charge on any atom is -0.288 e. The van der Waals surface area contributed by atoms with E-state index in [4.69, 9.17) is 0 Å². The fraction of sp³-hybridized carbons (Fsp3) is 0.314. The lowest BCUT2D eigenvalue weighted by Gasteiger charge is -2.19. The van der Waals surface area contributed by atoms with Gasteiger partial charge in [0.15, 0.2) is 5.43 Å². The Labute approximate surface area is 312 Å². The van der Waals surface area contributed by atoms with Crippen molar-refractivity contribution in [3.8, 4) is 33.4 Å². The molecule has 2 aliphatic carbocycles. The molecule has 4 aromatic rings. The third-order valence-electron chi connectivity index (χ3n) is 10.0. The van der Waals surface area contributed by atoms with Gasteiger partial charge in [-0.15, -0.1) is 0 Å². The van der Waals surface area contributed by atoms with Crippen molar-refractivity contribution in [2.24, 2.45) is 0 Å². The van der Waals surface area contributed by atoms with Gasteiger partial charge in [0.2, 0.25) is 0 Å². The molecule has 0 amide bonds. The lowest BCUT2D eigenvalue weighted by molar-refractivity contribution is 0.590. The predicted molar refractivity (Wildman–Crippen MR) is 221 cm³/mol. The molecule has 1 heteroatoms. The molecule has 6 rings (SSSR count). The molecule has 0 unspecified atom stereocenters. The number of rotatable bonds is 2. The number of hydrogen-bond acceptors (Lipinski definition) is 1. The highest BCUT2D eigenvalue weighted by Gasteiger charge is 2.25. The first-order valence-corrected chi connectivity index (χ1v) is 18.3. The van der Waals surface area contributed by atoms with Crippen molar-refractivity contribution in [2.75, 3.05) is 0 Å². The molecule has 0 saturated carbocycles. The van der Waals surface area contributed by atoms with E-state index in [0.29, 0.717) is 22.3 Å². The average Bonchev–Trinajstić information content (AvgIpc) is 3.33. The lowest BCUT2D eigenvalue weighted by Crippen LogP contribution is -2.11. The van der Waals surface area contributed by atoms with E-state index in [1.54, 1.807) is 0 Å². The van der Waals surface area contributed by atoms with Crippen molar-refractivity contribution < 1.29 is 0 Å². The minimum absolute atomic E-state index is 0.0200. The van der Waals surface area contributed by atoms with E-state index >= 15 is 0 Å². The first kappa shape index (κ1) is 36.5. The van der Waals surface area contributed by atoms with Gasteiger partial charge in [-0.25, -0.2) is 0 Å². The summed E-state index contributed by atoms with van der Waals surface area (Å²) in [6.45, 7) is 26.5. The fourth-order valence-corrected chi connectivity index (χ4v) is 6.71. The first-order valence-electron chi connectivity index (χ1n) is 18.3. The van der Waals surface area contributed by atoms with Crippen molar-refractivity contribution in [2.45, 2.75) is 105 Å². The van der Waals surface area contributed by atoms with Crippen LogP contribution in [0, 0.1) is 36.4 Å². The molecule has 2 aliphatic rings. The van der Waals surface area contributed by atoms with Gasteiger partial charge in [-0.2, -0.15) is 0 Å². The summed E-state index contributed by atoms with van der Waals surface area (Å²) in [5.41, 5.74) is 8.59. The molecule has 0 bridgehead atoms. The third kappa shape index (κ3) is 7.23. The monoisotopic (exact) mass is 678 g/mol. The van der Waals surface area contributed by atoms with Crippen molar-refractivity contribution in [1.29, 1.82) is 0 Å². The van der Waals surface area contributed by atoms with Gasteiger partial charge in [-0.05, 0) is 73.2 Å². The maximum absolute atomic E-state index is 14.9. The van der Waals surface area contributed by atoms with Gasteiger partial charge in [0.1, 0.15) is 0 Å². The normalized spacial score (nSPS) is 12.2. The summed E-state index contributed by atoms with van der Waals surface area (Å²) >= 11 is 0. The smallest absolute Gasteiger partial charge is 0.196 e. The van der Waals surface area contributed by atoms with E-state index in [0.717, 1.165) is 38.2 Å². The van der Waals surface area contributed by atoms with Crippen LogP contribution in [0.25, 0.3) is 54.9 Å². The summed E-state index contributed by atoms with van der Waals surface area (Å²) in [6, 6.07) is 50.6. The summed E-state index contributed by atoms with van der Waals surface area (Å²) in [5.74, 6) is 0. The highest BCUT2D eigenvalue weighted by molar-refractivity contribution is 5.97. The second kappa shape index (κ2) is 13.0. The van der Waals surface area contributed by atoms with Crippen molar-refractivity contribution in [3.05, 3.63) is 154 Å². The largest absolute Gasteiger partial charge is 0.288 e. The molecule has 260 valence electrons. The molecule has 0 N–H and O–H groups in total. The van der Waals surface area contributed by atoms with E-state index in [2.05, 4.69) is 198 Å². The van der Waals surface area contributed by atoms with Crippen LogP contribution in [0.5, 0.6) is 0 Å². The van der Waals surface area contributed by atoms with Gasteiger partial charge in [-0.1, -0.05) is 186 Å². The molecule has 0 heterocycles. The van der Waals surface area contributed by atoms with Crippen LogP contribution in [0.2, 0.25) is 0 Å². The second-order valence-electron chi connectivity index (χ2n) is 18.2. The molecule has 0 atom stereocenters. The average molecular weight is 679 g/mol. The second-order valence-corrected chi connectivity index (χ2v) is 18.2. The number of benzene rings is 4. The van der Waals surface area contributed by atoms with Gasteiger partial charge >= 0.3 is 0 Å². The van der Waals surface area contributed by atoms with Crippen LogP contribution >= 0.6 is 0 Å². The number of hydrogen-bond donors (Lipinski definition) is 0. The molecular formula is C51H50O. The fourth-order valence-electron chi connectivity index (χ4n) is 6.71. The van der Waals surface area contributed by atoms with E-state index in [-0.39, 0.29) is 27.1 Å². The summed E-state index contributed by atoms with van der Waals surface area (Å²) in [7, 11) is 0.